The van der Waals surface area contributed by atoms with Crippen molar-refractivity contribution in [3.05, 3.63) is 29.6 Å². The lowest BCUT2D eigenvalue weighted by atomic mass is 9.49. The molecule has 7 heteroatoms. The molecular weight excluding hydrogens is 375 g/mol. The first-order chi connectivity index (χ1) is 13.8. The van der Waals surface area contributed by atoms with Crippen LogP contribution in [0.4, 0.5) is 10.1 Å². The van der Waals surface area contributed by atoms with Crippen LogP contribution in [0.2, 0.25) is 0 Å². The Hall–Kier alpha value is -2.44. The molecule has 0 heterocycles. The first kappa shape index (κ1) is 19.9. The minimum absolute atomic E-state index is 0.0527. The molecule has 4 saturated carbocycles. The second kappa shape index (κ2) is 7.43. The van der Waals surface area contributed by atoms with Crippen molar-refractivity contribution in [1.82, 2.24) is 5.32 Å². The molecule has 6 nitrogen and oxygen atoms in total. The average Bonchev–Trinajstić information content (AvgIpc) is 2.67. The molecule has 1 aromatic rings. The van der Waals surface area contributed by atoms with Crippen LogP contribution in [-0.4, -0.2) is 30.9 Å². The molecule has 1 aromatic carbocycles. The van der Waals surface area contributed by atoms with E-state index in [0.717, 1.165) is 25.3 Å². The molecule has 0 aliphatic heterocycles. The van der Waals surface area contributed by atoms with E-state index < -0.39 is 23.7 Å². The van der Waals surface area contributed by atoms with Crippen molar-refractivity contribution >= 4 is 23.5 Å². The Kier molecular flexibility index (Phi) is 5.09. The number of nitrogens with one attached hydrogen (secondary N) is 2. The molecule has 0 saturated heterocycles. The van der Waals surface area contributed by atoms with Gasteiger partial charge < -0.3 is 15.4 Å². The van der Waals surface area contributed by atoms with Crippen LogP contribution in [0.3, 0.4) is 0 Å². The van der Waals surface area contributed by atoms with E-state index in [1.54, 1.807) is 6.92 Å². The highest BCUT2D eigenvalue weighted by Crippen LogP contribution is 2.60. The lowest BCUT2D eigenvalue weighted by Crippen LogP contribution is -2.56. The van der Waals surface area contributed by atoms with Gasteiger partial charge in [0.25, 0.3) is 0 Å². The zero-order valence-corrected chi connectivity index (χ0v) is 16.8. The van der Waals surface area contributed by atoms with Gasteiger partial charge in [-0.1, -0.05) is 0 Å². The van der Waals surface area contributed by atoms with Gasteiger partial charge in [0, 0.05) is 5.41 Å². The van der Waals surface area contributed by atoms with Crippen molar-refractivity contribution in [3.8, 4) is 0 Å². The second-order valence-electron chi connectivity index (χ2n) is 9.07. The van der Waals surface area contributed by atoms with E-state index >= 15 is 0 Å². The molecule has 2 N–H and O–H groups in total. The molecule has 0 radical (unpaired) electrons. The van der Waals surface area contributed by atoms with Crippen molar-refractivity contribution in [1.29, 1.82) is 0 Å². The maximum absolute atomic E-state index is 14.1. The van der Waals surface area contributed by atoms with Gasteiger partial charge >= 0.3 is 5.97 Å². The summed E-state index contributed by atoms with van der Waals surface area (Å²) >= 11 is 0. The molecule has 1 unspecified atom stereocenters. The summed E-state index contributed by atoms with van der Waals surface area (Å²) < 4.78 is 18.7. The van der Waals surface area contributed by atoms with Crippen LogP contribution >= 0.6 is 0 Å². The van der Waals surface area contributed by atoms with Crippen LogP contribution in [0.5, 0.6) is 0 Å². The van der Waals surface area contributed by atoms with Crippen molar-refractivity contribution in [3.63, 3.8) is 0 Å². The zero-order chi connectivity index (χ0) is 20.8. The van der Waals surface area contributed by atoms with Gasteiger partial charge in [0.15, 0.2) is 0 Å². The van der Waals surface area contributed by atoms with Crippen LogP contribution in [0.15, 0.2) is 18.2 Å². The minimum atomic E-state index is -0.809. The molecule has 4 bridgehead atoms. The highest BCUT2D eigenvalue weighted by Gasteiger charge is 2.54. The van der Waals surface area contributed by atoms with Crippen LogP contribution in [0.1, 0.15) is 55.8 Å². The van der Waals surface area contributed by atoms with Gasteiger partial charge in [0.1, 0.15) is 11.9 Å². The number of ether oxygens (including phenoxy) is 1. The van der Waals surface area contributed by atoms with Gasteiger partial charge in [-0.05, 0) is 81.4 Å². The summed E-state index contributed by atoms with van der Waals surface area (Å²) in [5, 5.41) is 5.33. The maximum atomic E-state index is 14.1. The lowest BCUT2D eigenvalue weighted by Gasteiger charge is -2.55. The van der Waals surface area contributed by atoms with Gasteiger partial charge in [-0.25, -0.2) is 9.18 Å². The molecule has 156 valence electrons. The van der Waals surface area contributed by atoms with Gasteiger partial charge in [0.2, 0.25) is 11.8 Å². The first-order valence-corrected chi connectivity index (χ1v) is 10.3. The molecule has 0 spiro atoms. The number of methoxy groups -OCH3 is 1. The number of amides is 2. The number of hydrogen-bond acceptors (Lipinski definition) is 4. The third-order valence-electron chi connectivity index (χ3n) is 6.91. The minimum Gasteiger partial charge on any atom is -0.465 e. The molecule has 1 atom stereocenters. The smallest absolute Gasteiger partial charge is 0.337 e. The fourth-order valence-corrected chi connectivity index (χ4v) is 5.91. The van der Waals surface area contributed by atoms with Crippen molar-refractivity contribution in [2.45, 2.75) is 51.5 Å². The lowest BCUT2D eigenvalue weighted by molar-refractivity contribution is -0.147. The largest absolute Gasteiger partial charge is 0.465 e. The number of carbonyl (C=O) groups excluding carboxylic acids is 3. The van der Waals surface area contributed by atoms with Gasteiger partial charge in [-0.15, -0.1) is 0 Å². The fourth-order valence-electron chi connectivity index (χ4n) is 5.91. The number of rotatable bonds is 5. The number of esters is 1. The summed E-state index contributed by atoms with van der Waals surface area (Å²) in [6.45, 7) is 1.59. The Balaban J connectivity index is 1.41. The summed E-state index contributed by atoms with van der Waals surface area (Å²) in [7, 11) is 1.23. The predicted octanol–water partition coefficient (Wildman–Crippen LogP) is 3.27. The molecule has 4 aliphatic carbocycles. The second-order valence-corrected chi connectivity index (χ2v) is 9.07. The maximum Gasteiger partial charge on any atom is 0.337 e. The van der Waals surface area contributed by atoms with Gasteiger partial charge in [0.05, 0.1) is 18.4 Å². The van der Waals surface area contributed by atoms with E-state index in [9.17, 15) is 18.8 Å². The monoisotopic (exact) mass is 402 g/mol. The Labute approximate surface area is 169 Å². The third-order valence-corrected chi connectivity index (χ3v) is 6.91. The van der Waals surface area contributed by atoms with Crippen LogP contribution in [0.25, 0.3) is 0 Å². The summed E-state index contributed by atoms with van der Waals surface area (Å²) in [6, 6.07) is 2.80. The first-order valence-electron chi connectivity index (χ1n) is 10.3. The van der Waals surface area contributed by atoms with Crippen molar-refractivity contribution in [2.75, 3.05) is 12.4 Å². The number of benzene rings is 1. The normalized spacial score (nSPS) is 30.5. The van der Waals surface area contributed by atoms with Gasteiger partial charge in [-0.3, -0.25) is 9.59 Å². The molecule has 4 fully saturated rings. The van der Waals surface area contributed by atoms with Crippen LogP contribution in [-0.2, 0) is 14.3 Å². The van der Waals surface area contributed by atoms with Crippen molar-refractivity contribution < 1.29 is 23.5 Å². The summed E-state index contributed by atoms with van der Waals surface area (Å²) in [5.41, 5.74) is -0.331. The van der Waals surface area contributed by atoms with E-state index in [2.05, 4.69) is 15.4 Å². The Morgan fingerprint density at radius 3 is 2.24 bits per heavy atom. The van der Waals surface area contributed by atoms with Crippen LogP contribution in [0, 0.1) is 29.0 Å². The quantitative estimate of drug-likeness (QED) is 0.741. The van der Waals surface area contributed by atoms with E-state index in [-0.39, 0.29) is 22.6 Å². The van der Waals surface area contributed by atoms with Gasteiger partial charge in [-0.2, -0.15) is 0 Å². The summed E-state index contributed by atoms with van der Waals surface area (Å²) in [6.07, 6.45) is 6.44. The molecule has 2 amide bonds. The summed E-state index contributed by atoms with van der Waals surface area (Å²) in [4.78, 5) is 37.3. The highest BCUT2D eigenvalue weighted by atomic mass is 19.1. The number of halogens is 1. The number of anilines is 1. The van der Waals surface area contributed by atoms with E-state index in [1.165, 1.54) is 38.5 Å². The third kappa shape index (κ3) is 3.74. The van der Waals surface area contributed by atoms with E-state index in [1.807, 2.05) is 0 Å². The Morgan fingerprint density at radius 1 is 1.10 bits per heavy atom. The SMILES string of the molecule is COC(=O)c1ccc(F)c(NC(=O)C(C)NC(=O)C23CC4CC(CC(C4)C2)C3)c1. The number of hydrogen-bond donors (Lipinski definition) is 2. The fraction of sp³-hybridized carbons (Fsp3) is 0.591. The average molecular weight is 402 g/mol. The molecular formula is C22H27FN2O4. The Morgan fingerprint density at radius 2 is 1.69 bits per heavy atom. The highest BCUT2D eigenvalue weighted by molar-refractivity contribution is 5.99. The van der Waals surface area contributed by atoms with Crippen LogP contribution < -0.4 is 10.6 Å². The Bertz CT molecular complexity index is 818. The molecule has 29 heavy (non-hydrogen) atoms. The molecule has 4 aliphatic rings. The summed E-state index contributed by atoms with van der Waals surface area (Å²) in [5.74, 6) is 0.0326. The zero-order valence-electron chi connectivity index (χ0n) is 16.8. The van der Waals surface area contributed by atoms with Crippen molar-refractivity contribution in [2.24, 2.45) is 23.2 Å². The standard InChI is InChI=1S/C22H27FN2O4/c1-12(19(26)25-18-8-16(20(27)29-2)3-4-17(18)23)24-21(28)22-9-13-5-14(10-22)7-15(6-13)11-22/h3-4,8,12-15H,5-7,9-11H2,1-2H3,(H,24,28)(H,25,26). The van der Waals surface area contributed by atoms with E-state index in [4.69, 9.17) is 0 Å². The van der Waals surface area contributed by atoms with E-state index in [0.29, 0.717) is 17.8 Å². The molecule has 5 rings (SSSR count). The topological polar surface area (TPSA) is 84.5 Å². The molecule has 0 aromatic heterocycles. The number of carbonyl (C=O) groups is 3. The predicted molar refractivity (Wildman–Crippen MR) is 105 cm³/mol.